The Bertz CT molecular complexity index is 940. The maximum Gasteiger partial charge on any atom is 0.269 e. The number of aromatic nitrogens is 2. The SMILES string of the molecule is Cl.Cn1ccnc1C1CNCCN1Cc1ccc(-c2ccc([N+](=O)[O-])cc2)s1. The van der Waals surface area contributed by atoms with Gasteiger partial charge in [-0.2, -0.15) is 0 Å². The van der Waals surface area contributed by atoms with Crippen LogP contribution in [-0.4, -0.2) is 39.0 Å². The third-order valence-electron chi connectivity index (χ3n) is 4.89. The minimum absolute atomic E-state index is 0. The van der Waals surface area contributed by atoms with Crippen LogP contribution in [0, 0.1) is 10.1 Å². The van der Waals surface area contributed by atoms with Crippen molar-refractivity contribution in [3.8, 4) is 10.4 Å². The average molecular weight is 420 g/mol. The molecule has 1 unspecified atom stereocenters. The molecule has 1 aliphatic heterocycles. The minimum Gasteiger partial charge on any atom is -0.337 e. The molecule has 9 heteroatoms. The fourth-order valence-corrected chi connectivity index (χ4v) is 4.49. The molecule has 0 amide bonds. The number of non-ortho nitro benzene ring substituents is 1. The van der Waals surface area contributed by atoms with Crippen molar-refractivity contribution in [2.75, 3.05) is 19.6 Å². The topological polar surface area (TPSA) is 76.2 Å². The molecule has 1 N–H and O–H groups in total. The first-order valence-corrected chi connectivity index (χ1v) is 9.69. The summed E-state index contributed by atoms with van der Waals surface area (Å²) < 4.78 is 2.08. The largest absolute Gasteiger partial charge is 0.337 e. The summed E-state index contributed by atoms with van der Waals surface area (Å²) in [5, 5.41) is 14.3. The number of rotatable bonds is 5. The zero-order chi connectivity index (χ0) is 18.8. The number of piperazine rings is 1. The van der Waals surface area contributed by atoms with Crippen LogP contribution in [0.15, 0.2) is 48.8 Å². The molecule has 28 heavy (non-hydrogen) atoms. The van der Waals surface area contributed by atoms with Crippen LogP contribution in [0.5, 0.6) is 0 Å². The summed E-state index contributed by atoms with van der Waals surface area (Å²) in [6.07, 6.45) is 3.83. The monoisotopic (exact) mass is 419 g/mol. The molecule has 148 valence electrons. The van der Waals surface area contributed by atoms with Gasteiger partial charge < -0.3 is 9.88 Å². The van der Waals surface area contributed by atoms with Gasteiger partial charge in [0.2, 0.25) is 0 Å². The number of nitrogens with zero attached hydrogens (tertiary/aromatic N) is 4. The standard InChI is InChI=1S/C19H21N5O2S.ClH/c1-22-10-9-21-19(22)17-12-20-8-11-23(17)13-16-6-7-18(27-16)14-2-4-15(5-3-14)24(25)26;/h2-7,9-10,17,20H,8,11-13H2,1H3;1H. The number of nitro groups is 1. The van der Waals surface area contributed by atoms with Gasteiger partial charge in [0.25, 0.3) is 5.69 Å². The van der Waals surface area contributed by atoms with Gasteiger partial charge in [0.05, 0.1) is 11.0 Å². The summed E-state index contributed by atoms with van der Waals surface area (Å²) in [6, 6.07) is 11.2. The smallest absolute Gasteiger partial charge is 0.269 e. The predicted molar refractivity (Wildman–Crippen MR) is 113 cm³/mol. The lowest BCUT2D eigenvalue weighted by atomic mass is 10.1. The number of hydrogen-bond donors (Lipinski definition) is 1. The Kier molecular flexibility index (Phi) is 6.46. The molecule has 1 atom stereocenters. The van der Waals surface area contributed by atoms with E-state index in [2.05, 4.69) is 31.9 Å². The summed E-state index contributed by atoms with van der Waals surface area (Å²) in [5.74, 6) is 1.08. The van der Waals surface area contributed by atoms with Crippen LogP contribution in [0.2, 0.25) is 0 Å². The fraction of sp³-hybridized carbons (Fsp3) is 0.316. The first-order valence-electron chi connectivity index (χ1n) is 8.87. The second-order valence-corrected chi connectivity index (χ2v) is 7.83. The van der Waals surface area contributed by atoms with Gasteiger partial charge in [-0.15, -0.1) is 23.7 Å². The molecular weight excluding hydrogens is 398 g/mol. The Morgan fingerprint density at radius 2 is 2.07 bits per heavy atom. The van der Waals surface area contributed by atoms with Crippen LogP contribution in [0.1, 0.15) is 16.7 Å². The highest BCUT2D eigenvalue weighted by Crippen LogP contribution is 2.31. The number of nitrogens with one attached hydrogen (secondary N) is 1. The molecule has 1 aromatic carbocycles. The summed E-state index contributed by atoms with van der Waals surface area (Å²) in [6.45, 7) is 3.71. The van der Waals surface area contributed by atoms with Crippen molar-refractivity contribution >= 4 is 29.4 Å². The van der Waals surface area contributed by atoms with Gasteiger partial charge >= 0.3 is 0 Å². The Balaban J connectivity index is 0.00000225. The van der Waals surface area contributed by atoms with Gasteiger partial charge in [-0.25, -0.2) is 4.98 Å². The van der Waals surface area contributed by atoms with Crippen LogP contribution >= 0.6 is 23.7 Å². The summed E-state index contributed by atoms with van der Waals surface area (Å²) in [5.41, 5.74) is 1.13. The Hall–Kier alpha value is -2.26. The molecular formula is C19H22ClN5O2S. The highest BCUT2D eigenvalue weighted by Gasteiger charge is 2.27. The van der Waals surface area contributed by atoms with E-state index < -0.39 is 0 Å². The molecule has 1 aliphatic rings. The van der Waals surface area contributed by atoms with Crippen molar-refractivity contribution in [3.63, 3.8) is 0 Å². The normalized spacial score (nSPS) is 17.2. The molecule has 0 saturated carbocycles. The average Bonchev–Trinajstić information content (AvgIpc) is 3.31. The van der Waals surface area contributed by atoms with E-state index in [0.717, 1.165) is 42.4 Å². The lowest BCUT2D eigenvalue weighted by Gasteiger charge is -2.35. The lowest BCUT2D eigenvalue weighted by Crippen LogP contribution is -2.46. The Labute approximate surface area is 173 Å². The molecule has 4 rings (SSSR count). The molecule has 2 aromatic heterocycles. The van der Waals surface area contributed by atoms with Gasteiger partial charge in [0.15, 0.2) is 0 Å². The molecule has 0 bridgehead atoms. The second-order valence-electron chi connectivity index (χ2n) is 6.66. The quantitative estimate of drug-likeness (QED) is 0.504. The number of thiophene rings is 1. The van der Waals surface area contributed by atoms with Gasteiger partial charge in [0.1, 0.15) is 5.82 Å². The van der Waals surface area contributed by atoms with E-state index in [1.807, 2.05) is 31.6 Å². The van der Waals surface area contributed by atoms with E-state index in [1.165, 1.54) is 4.88 Å². The minimum atomic E-state index is -0.369. The van der Waals surface area contributed by atoms with Gasteiger partial charge in [-0.05, 0) is 29.8 Å². The number of halogens is 1. The summed E-state index contributed by atoms with van der Waals surface area (Å²) in [4.78, 5) is 19.9. The van der Waals surface area contributed by atoms with E-state index in [4.69, 9.17) is 0 Å². The third-order valence-corrected chi connectivity index (χ3v) is 6.01. The Morgan fingerprint density at radius 1 is 1.29 bits per heavy atom. The van der Waals surface area contributed by atoms with E-state index in [-0.39, 0.29) is 29.1 Å². The highest BCUT2D eigenvalue weighted by atomic mass is 35.5. The maximum atomic E-state index is 10.8. The van der Waals surface area contributed by atoms with E-state index in [9.17, 15) is 10.1 Å². The van der Waals surface area contributed by atoms with Crippen molar-refractivity contribution in [2.45, 2.75) is 12.6 Å². The van der Waals surface area contributed by atoms with Gasteiger partial charge in [-0.1, -0.05) is 0 Å². The molecule has 1 saturated heterocycles. The lowest BCUT2D eigenvalue weighted by molar-refractivity contribution is -0.384. The molecule has 7 nitrogen and oxygen atoms in total. The Morgan fingerprint density at radius 3 is 2.75 bits per heavy atom. The van der Waals surface area contributed by atoms with Crippen molar-refractivity contribution in [1.82, 2.24) is 19.8 Å². The number of imidazole rings is 1. The molecule has 0 spiro atoms. The number of nitro benzene ring substituents is 1. The molecule has 3 aromatic rings. The van der Waals surface area contributed by atoms with E-state index >= 15 is 0 Å². The first-order chi connectivity index (χ1) is 13.1. The van der Waals surface area contributed by atoms with Crippen molar-refractivity contribution in [3.05, 3.63) is 69.6 Å². The van der Waals surface area contributed by atoms with Gasteiger partial charge in [0, 0.05) is 67.5 Å². The van der Waals surface area contributed by atoms with Crippen LogP contribution in [0.4, 0.5) is 5.69 Å². The number of hydrogen-bond acceptors (Lipinski definition) is 6. The predicted octanol–water partition coefficient (Wildman–Crippen LogP) is 3.63. The summed E-state index contributed by atoms with van der Waals surface area (Å²) in [7, 11) is 2.03. The number of benzene rings is 1. The van der Waals surface area contributed by atoms with Crippen molar-refractivity contribution in [2.24, 2.45) is 7.05 Å². The van der Waals surface area contributed by atoms with Crippen LogP contribution in [-0.2, 0) is 13.6 Å². The molecule has 0 aliphatic carbocycles. The molecule has 0 radical (unpaired) electrons. The second kappa shape index (κ2) is 8.83. The zero-order valence-electron chi connectivity index (χ0n) is 15.4. The first kappa shape index (κ1) is 20.5. The van der Waals surface area contributed by atoms with E-state index in [1.54, 1.807) is 23.5 Å². The third kappa shape index (κ3) is 4.25. The fourth-order valence-electron chi connectivity index (χ4n) is 3.45. The maximum absolute atomic E-state index is 10.8. The summed E-state index contributed by atoms with van der Waals surface area (Å²) >= 11 is 1.74. The molecule has 1 fully saturated rings. The van der Waals surface area contributed by atoms with Crippen molar-refractivity contribution in [1.29, 1.82) is 0 Å². The molecule has 3 heterocycles. The van der Waals surface area contributed by atoms with Gasteiger partial charge in [-0.3, -0.25) is 15.0 Å². The zero-order valence-corrected chi connectivity index (χ0v) is 17.1. The van der Waals surface area contributed by atoms with E-state index in [0.29, 0.717) is 0 Å². The van der Waals surface area contributed by atoms with Crippen LogP contribution in [0.25, 0.3) is 10.4 Å². The number of aryl methyl sites for hydroxylation is 1. The van der Waals surface area contributed by atoms with Crippen LogP contribution in [0.3, 0.4) is 0 Å². The highest BCUT2D eigenvalue weighted by molar-refractivity contribution is 7.15. The van der Waals surface area contributed by atoms with Crippen LogP contribution < -0.4 is 5.32 Å². The van der Waals surface area contributed by atoms with Crippen molar-refractivity contribution < 1.29 is 4.92 Å².